The molecule has 7 unspecified atom stereocenters. The number of amides is 1. The van der Waals surface area contributed by atoms with E-state index in [1.54, 1.807) is 23.5 Å². The molecule has 2 aromatic carbocycles. The summed E-state index contributed by atoms with van der Waals surface area (Å²) in [5, 5.41) is 3.55. The Hall–Kier alpha value is -2.08. The van der Waals surface area contributed by atoms with Gasteiger partial charge in [-0.05, 0) is 87.7 Å². The lowest BCUT2D eigenvalue weighted by Gasteiger charge is -2.42. The fourth-order valence-corrected chi connectivity index (χ4v) is 9.29. The molecule has 1 amide bonds. The average Bonchev–Trinajstić information content (AvgIpc) is 3.12. The third-order valence-electron chi connectivity index (χ3n) is 9.77. The summed E-state index contributed by atoms with van der Waals surface area (Å²) >= 11 is 6.17. The normalized spacial score (nSPS) is 28.9. The molecule has 43 heavy (non-hydrogen) atoms. The van der Waals surface area contributed by atoms with Crippen molar-refractivity contribution in [2.45, 2.75) is 81.5 Å². The SMILES string of the molecule is COC1CCCC(C(c2ccc(Cl)cc2)C(N)C(=O)Nc2cccc(F)c2CCC2CN(C)C3CCCS(=O)(=O)N2C3)C1. The number of hydrogen-bond acceptors (Lipinski definition) is 6. The summed E-state index contributed by atoms with van der Waals surface area (Å²) in [6.07, 6.45) is 6.03. The second-order valence-electron chi connectivity index (χ2n) is 12.5. The van der Waals surface area contributed by atoms with E-state index in [1.807, 2.05) is 31.3 Å². The van der Waals surface area contributed by atoms with Gasteiger partial charge in [0.2, 0.25) is 15.9 Å². The second kappa shape index (κ2) is 13.9. The Balaban J connectivity index is 1.34. The van der Waals surface area contributed by atoms with Crippen LogP contribution >= 0.6 is 11.6 Å². The zero-order valence-electron chi connectivity index (χ0n) is 25.1. The molecule has 2 heterocycles. The smallest absolute Gasteiger partial charge is 0.241 e. The molecule has 3 fully saturated rings. The lowest BCUT2D eigenvalue weighted by molar-refractivity contribution is -0.118. The maximum Gasteiger partial charge on any atom is 0.241 e. The van der Waals surface area contributed by atoms with E-state index in [2.05, 4.69) is 10.2 Å². The van der Waals surface area contributed by atoms with Gasteiger partial charge in [0, 0.05) is 54.5 Å². The molecule has 1 aliphatic carbocycles. The number of nitrogens with one attached hydrogen (secondary N) is 1. The first-order valence-corrected chi connectivity index (χ1v) is 17.4. The highest BCUT2D eigenvalue weighted by Gasteiger charge is 2.41. The van der Waals surface area contributed by atoms with Crippen molar-refractivity contribution in [1.29, 1.82) is 0 Å². The number of likely N-dealkylation sites (N-methyl/N-ethyl adjacent to an activating group) is 1. The van der Waals surface area contributed by atoms with Gasteiger partial charge in [0.25, 0.3) is 0 Å². The summed E-state index contributed by atoms with van der Waals surface area (Å²) in [4.78, 5) is 16.0. The monoisotopic (exact) mass is 634 g/mol. The van der Waals surface area contributed by atoms with Crippen LogP contribution in [-0.4, -0.2) is 80.8 Å². The quantitative estimate of drug-likeness (QED) is 0.412. The van der Waals surface area contributed by atoms with Crippen molar-refractivity contribution in [2.24, 2.45) is 11.7 Å². The number of methoxy groups -OCH3 is 1. The number of hydrogen-bond donors (Lipinski definition) is 2. The molecule has 3 N–H and O–H groups in total. The third-order valence-corrected chi connectivity index (χ3v) is 12.0. The van der Waals surface area contributed by atoms with Gasteiger partial charge in [-0.1, -0.05) is 36.2 Å². The number of rotatable bonds is 9. The third kappa shape index (κ3) is 7.43. The van der Waals surface area contributed by atoms with Crippen LogP contribution in [0.3, 0.4) is 0 Å². The van der Waals surface area contributed by atoms with Crippen LogP contribution in [0.1, 0.15) is 62.0 Å². The lowest BCUT2D eigenvalue weighted by atomic mass is 9.72. The van der Waals surface area contributed by atoms with Gasteiger partial charge >= 0.3 is 0 Å². The molecule has 0 spiro atoms. The Morgan fingerprint density at radius 1 is 1.14 bits per heavy atom. The number of fused-ring (bicyclic) bond motifs is 2. The zero-order valence-corrected chi connectivity index (χ0v) is 26.6. The number of sulfonamides is 1. The highest BCUT2D eigenvalue weighted by molar-refractivity contribution is 7.89. The molecule has 2 bridgehead atoms. The van der Waals surface area contributed by atoms with E-state index in [0.717, 1.165) is 37.7 Å². The largest absolute Gasteiger partial charge is 0.381 e. The number of nitrogens with two attached hydrogens (primary N) is 1. The van der Waals surface area contributed by atoms with E-state index in [4.69, 9.17) is 22.1 Å². The summed E-state index contributed by atoms with van der Waals surface area (Å²) < 4.78 is 48.6. The maximum absolute atomic E-state index is 15.3. The molecule has 8 nitrogen and oxygen atoms in total. The molecular formula is C32H44ClFN4O4S. The number of ether oxygens (including phenoxy) is 1. The number of nitrogens with zero attached hydrogens (tertiary/aromatic N) is 2. The fraction of sp³-hybridized carbons (Fsp3) is 0.594. The van der Waals surface area contributed by atoms with E-state index < -0.39 is 21.9 Å². The van der Waals surface area contributed by atoms with Gasteiger partial charge in [-0.3, -0.25) is 4.79 Å². The minimum absolute atomic E-state index is 0.112. The first-order valence-electron chi connectivity index (χ1n) is 15.4. The molecule has 2 aromatic rings. The van der Waals surface area contributed by atoms with Crippen LogP contribution in [0.2, 0.25) is 5.02 Å². The maximum atomic E-state index is 15.3. The van der Waals surface area contributed by atoms with Crippen LogP contribution in [0.4, 0.5) is 10.1 Å². The number of halogens is 2. The summed E-state index contributed by atoms with van der Waals surface area (Å²) in [5.74, 6) is -0.812. The molecule has 2 saturated heterocycles. The Morgan fingerprint density at radius 2 is 1.91 bits per heavy atom. The summed E-state index contributed by atoms with van der Waals surface area (Å²) in [7, 11) is 0.381. The van der Waals surface area contributed by atoms with Crippen LogP contribution in [-0.2, 0) is 26.0 Å². The van der Waals surface area contributed by atoms with Crippen LogP contribution in [0, 0.1) is 11.7 Å². The molecule has 2 aliphatic heterocycles. The van der Waals surface area contributed by atoms with Gasteiger partial charge in [-0.25, -0.2) is 12.8 Å². The molecule has 236 valence electrons. The van der Waals surface area contributed by atoms with Crippen LogP contribution in [0.5, 0.6) is 0 Å². The highest BCUT2D eigenvalue weighted by Crippen LogP contribution is 2.39. The minimum atomic E-state index is -3.37. The van der Waals surface area contributed by atoms with Crippen LogP contribution in [0.15, 0.2) is 42.5 Å². The number of piperazine rings is 1. The van der Waals surface area contributed by atoms with Gasteiger partial charge < -0.3 is 20.7 Å². The number of carbonyl (C=O) groups excluding carboxylic acids is 1. The fourth-order valence-electron chi connectivity index (χ4n) is 7.37. The predicted molar refractivity (Wildman–Crippen MR) is 168 cm³/mol. The van der Waals surface area contributed by atoms with Crippen molar-refractivity contribution in [3.8, 4) is 0 Å². The van der Waals surface area contributed by atoms with E-state index in [-0.39, 0.29) is 48.1 Å². The van der Waals surface area contributed by atoms with Crippen LogP contribution in [0.25, 0.3) is 0 Å². The molecule has 0 radical (unpaired) electrons. The summed E-state index contributed by atoms with van der Waals surface area (Å²) in [6, 6.07) is 11.2. The van der Waals surface area contributed by atoms with Crippen molar-refractivity contribution < 1.29 is 22.3 Å². The molecule has 3 aliphatic rings. The molecule has 1 saturated carbocycles. The van der Waals surface area contributed by atoms with Crippen molar-refractivity contribution in [1.82, 2.24) is 9.21 Å². The molecule has 11 heteroatoms. The standard InChI is InChI=1S/C32H44ClFN4O4S/c1-37-19-25(38-20-24(37)7-5-17-43(38,40)41)15-16-27-28(34)9-4-10-29(27)36-32(39)31(35)30(21-11-13-23(33)14-12-21)22-6-3-8-26(18-22)42-2/h4,9-14,22,24-26,30-31H,3,5-8,15-20,35H2,1-2H3,(H,36,39). The highest BCUT2D eigenvalue weighted by atomic mass is 35.5. The Morgan fingerprint density at radius 3 is 2.65 bits per heavy atom. The number of benzene rings is 2. The van der Waals surface area contributed by atoms with E-state index in [9.17, 15) is 13.2 Å². The zero-order chi connectivity index (χ0) is 30.7. The molecule has 0 aromatic heterocycles. The molecule has 5 rings (SSSR count). The topological polar surface area (TPSA) is 105 Å². The second-order valence-corrected chi connectivity index (χ2v) is 14.9. The Kier molecular flexibility index (Phi) is 10.5. The van der Waals surface area contributed by atoms with Crippen molar-refractivity contribution in [3.05, 3.63) is 64.4 Å². The summed E-state index contributed by atoms with van der Waals surface area (Å²) in [5.41, 5.74) is 8.40. The van der Waals surface area contributed by atoms with Gasteiger partial charge in [-0.2, -0.15) is 4.31 Å². The van der Waals surface area contributed by atoms with Gasteiger partial charge in [0.15, 0.2) is 0 Å². The predicted octanol–water partition coefficient (Wildman–Crippen LogP) is 4.77. The first kappa shape index (κ1) is 32.3. The lowest BCUT2D eigenvalue weighted by Crippen LogP contribution is -2.57. The van der Waals surface area contributed by atoms with E-state index in [1.165, 1.54) is 6.07 Å². The van der Waals surface area contributed by atoms with E-state index >= 15 is 4.39 Å². The van der Waals surface area contributed by atoms with E-state index in [0.29, 0.717) is 42.2 Å². The molecular weight excluding hydrogens is 591 g/mol. The average molecular weight is 635 g/mol. The van der Waals surface area contributed by atoms with Gasteiger partial charge in [0.05, 0.1) is 17.9 Å². The summed E-state index contributed by atoms with van der Waals surface area (Å²) in [6.45, 7) is 1.06. The van der Waals surface area contributed by atoms with Crippen LogP contribution < -0.4 is 11.1 Å². The van der Waals surface area contributed by atoms with Gasteiger partial charge in [-0.15, -0.1) is 0 Å². The van der Waals surface area contributed by atoms with Gasteiger partial charge in [0.1, 0.15) is 5.82 Å². The van der Waals surface area contributed by atoms with Crippen molar-refractivity contribution in [3.63, 3.8) is 0 Å². The molecule has 7 atom stereocenters. The number of anilines is 1. The minimum Gasteiger partial charge on any atom is -0.381 e. The Labute approximate surface area is 260 Å². The first-order chi connectivity index (χ1) is 20.6. The van der Waals surface area contributed by atoms with Crippen molar-refractivity contribution in [2.75, 3.05) is 38.3 Å². The number of carbonyl (C=O) groups is 1. The Bertz CT molecular complexity index is 1380. The van der Waals surface area contributed by atoms with Crippen molar-refractivity contribution >= 4 is 33.2 Å².